The topological polar surface area (TPSA) is 215 Å². The fraction of sp³-hybridized carbons (Fsp3) is 0.286. The number of benzene rings is 3. The summed E-state index contributed by atoms with van der Waals surface area (Å²) in [5.41, 5.74) is 0.223. The number of anilines is 4. The third kappa shape index (κ3) is 7.52. The number of rotatable bonds is 11. The molecule has 46 heavy (non-hydrogen) atoms. The zero-order chi connectivity index (χ0) is 34.0. The van der Waals surface area contributed by atoms with E-state index in [1.165, 1.54) is 82.7 Å². The summed E-state index contributed by atoms with van der Waals surface area (Å²) in [5, 5.41) is 15.7. The Balaban J connectivity index is 1.77. The Kier molecular flexibility index (Phi) is 9.86. The molecule has 4 rings (SSSR count). The van der Waals surface area contributed by atoms with E-state index in [9.17, 15) is 39.9 Å². The van der Waals surface area contributed by atoms with Crippen molar-refractivity contribution in [1.82, 2.24) is 0 Å². The maximum atomic E-state index is 14.2. The molecule has 1 saturated heterocycles. The monoisotopic (exact) mass is 696 g/mol. The number of hydrogen-bond acceptors (Lipinski definition) is 11. The van der Waals surface area contributed by atoms with E-state index in [1.807, 2.05) is 0 Å². The molecule has 0 spiro atoms. The van der Waals surface area contributed by atoms with Gasteiger partial charge in [-0.1, -0.05) is 0 Å². The van der Waals surface area contributed by atoms with Crippen molar-refractivity contribution in [3.05, 3.63) is 60.7 Å². The van der Waals surface area contributed by atoms with Gasteiger partial charge in [0.1, 0.15) is 21.3 Å². The first kappa shape index (κ1) is 34.5. The van der Waals surface area contributed by atoms with Crippen LogP contribution in [-0.4, -0.2) is 80.0 Å². The number of carbonyl (C=O) groups excluding carboxylic acids is 2. The fourth-order valence-corrected chi connectivity index (χ4v) is 9.85. The third-order valence-corrected chi connectivity index (χ3v) is 11.7. The number of sulfonamides is 2. The summed E-state index contributed by atoms with van der Waals surface area (Å²) in [5.74, 6) is -2.39. The molecule has 1 fully saturated rings. The van der Waals surface area contributed by atoms with Crippen LogP contribution in [0, 0.1) is 0 Å². The van der Waals surface area contributed by atoms with Crippen LogP contribution in [0.25, 0.3) is 0 Å². The van der Waals surface area contributed by atoms with Crippen molar-refractivity contribution in [2.75, 3.05) is 45.4 Å². The molecule has 0 radical (unpaired) electrons. The van der Waals surface area contributed by atoms with E-state index < -0.39 is 70.2 Å². The summed E-state index contributed by atoms with van der Waals surface area (Å²) in [6.45, 7) is 2.49. The predicted octanol–water partition coefficient (Wildman–Crippen LogP) is 1.77. The second-order valence-electron chi connectivity index (χ2n) is 10.3. The number of methoxy groups -OCH3 is 2. The number of amides is 2. The second-order valence-corrected chi connectivity index (χ2v) is 15.8. The average molecular weight is 697 g/mol. The fourth-order valence-electron chi connectivity index (χ4n) is 4.86. The Bertz CT molecular complexity index is 1980. The number of aliphatic hydroxyl groups excluding tert-OH is 1. The Morgan fingerprint density at radius 2 is 1.26 bits per heavy atom. The number of carbonyl (C=O) groups is 2. The van der Waals surface area contributed by atoms with Crippen molar-refractivity contribution < 1.29 is 49.4 Å². The summed E-state index contributed by atoms with van der Waals surface area (Å²) >= 11 is 0. The molecular formula is C28H32N4O11S3. The minimum Gasteiger partial charge on any atom is -0.495 e. The first-order chi connectivity index (χ1) is 21.5. The molecule has 15 nitrogen and oxygen atoms in total. The first-order valence-electron chi connectivity index (χ1n) is 13.4. The van der Waals surface area contributed by atoms with Gasteiger partial charge in [0.25, 0.3) is 20.0 Å². The molecule has 2 amide bonds. The van der Waals surface area contributed by atoms with Crippen LogP contribution in [-0.2, 0) is 39.5 Å². The second kappa shape index (κ2) is 13.1. The Morgan fingerprint density at radius 3 is 1.72 bits per heavy atom. The minimum atomic E-state index is -4.69. The SMILES string of the molecule is COc1ccc(NC(C)=O)cc1S(=O)(=O)Nc1ccc(N([C@@H]2CS(=O)(=O)C[C@@H]2O)S(=O)(=O)c2cc(NC(C)=O)ccc2OC)cc1. The molecule has 1 aliphatic rings. The lowest BCUT2D eigenvalue weighted by Gasteiger charge is -2.32. The van der Waals surface area contributed by atoms with Crippen molar-refractivity contribution in [2.45, 2.75) is 35.8 Å². The highest BCUT2D eigenvalue weighted by Gasteiger charge is 2.45. The Hall–Kier alpha value is -4.39. The van der Waals surface area contributed by atoms with Gasteiger partial charge in [0.15, 0.2) is 9.84 Å². The molecule has 0 aliphatic carbocycles. The number of hydrogen-bond donors (Lipinski definition) is 4. The number of aliphatic hydroxyl groups is 1. The van der Waals surface area contributed by atoms with Crippen LogP contribution in [0.1, 0.15) is 13.8 Å². The molecule has 0 saturated carbocycles. The van der Waals surface area contributed by atoms with Gasteiger partial charge in [0, 0.05) is 30.9 Å². The normalized spacial score (nSPS) is 17.5. The van der Waals surface area contributed by atoms with Crippen LogP contribution in [0.15, 0.2) is 70.5 Å². The van der Waals surface area contributed by atoms with Crippen molar-refractivity contribution >= 4 is 64.4 Å². The molecule has 0 bridgehead atoms. The van der Waals surface area contributed by atoms with Crippen molar-refractivity contribution in [3.8, 4) is 11.5 Å². The molecule has 1 aliphatic heterocycles. The summed E-state index contributed by atoms with van der Waals surface area (Å²) in [7, 11) is -10.3. The number of nitrogens with zero attached hydrogens (tertiary/aromatic N) is 1. The van der Waals surface area contributed by atoms with E-state index in [2.05, 4.69) is 15.4 Å². The summed E-state index contributed by atoms with van der Waals surface area (Å²) < 4.78 is 93.6. The Labute approximate surface area is 266 Å². The van der Waals surface area contributed by atoms with Gasteiger partial charge < -0.3 is 25.2 Å². The van der Waals surface area contributed by atoms with E-state index in [1.54, 1.807) is 0 Å². The maximum absolute atomic E-state index is 14.2. The highest BCUT2D eigenvalue weighted by molar-refractivity contribution is 7.94. The van der Waals surface area contributed by atoms with Gasteiger partial charge >= 0.3 is 0 Å². The van der Waals surface area contributed by atoms with Gasteiger partial charge in [0.05, 0.1) is 43.6 Å². The van der Waals surface area contributed by atoms with E-state index in [4.69, 9.17) is 9.47 Å². The number of nitrogens with one attached hydrogen (secondary N) is 3. The molecule has 2 atom stereocenters. The standard InChI is InChI=1S/C28H32N4O11S3/c1-17(33)29-20-7-11-25(42-3)27(13-20)45(38,39)31-19-5-9-22(10-6-19)32(23-15-44(36,37)16-24(23)35)46(40,41)28-14-21(30-18(2)34)8-12-26(28)43-4/h5-14,23-24,31,35H,15-16H2,1-4H3,(H,29,33)(H,30,34)/t23-,24+/m1/s1. The smallest absolute Gasteiger partial charge is 0.268 e. The van der Waals surface area contributed by atoms with Crippen LogP contribution in [0.4, 0.5) is 22.7 Å². The van der Waals surface area contributed by atoms with Gasteiger partial charge in [-0.3, -0.25) is 18.6 Å². The van der Waals surface area contributed by atoms with Crippen LogP contribution in [0.2, 0.25) is 0 Å². The summed E-state index contributed by atoms with van der Waals surface area (Å²) in [6.07, 6.45) is -1.59. The maximum Gasteiger partial charge on any atom is 0.268 e. The van der Waals surface area contributed by atoms with Crippen molar-refractivity contribution in [1.29, 1.82) is 0 Å². The molecule has 3 aromatic carbocycles. The zero-order valence-corrected chi connectivity index (χ0v) is 27.5. The first-order valence-corrected chi connectivity index (χ1v) is 18.2. The van der Waals surface area contributed by atoms with Crippen molar-refractivity contribution in [2.24, 2.45) is 0 Å². The molecule has 4 N–H and O–H groups in total. The predicted molar refractivity (Wildman–Crippen MR) is 170 cm³/mol. The van der Waals surface area contributed by atoms with E-state index >= 15 is 0 Å². The van der Waals surface area contributed by atoms with Gasteiger partial charge in [-0.25, -0.2) is 25.3 Å². The molecular weight excluding hydrogens is 665 g/mol. The molecule has 3 aromatic rings. The quantitative estimate of drug-likeness (QED) is 0.227. The van der Waals surface area contributed by atoms with E-state index in [0.717, 1.165) is 10.4 Å². The largest absolute Gasteiger partial charge is 0.495 e. The lowest BCUT2D eigenvalue weighted by Crippen LogP contribution is -2.47. The van der Waals surface area contributed by atoms with Gasteiger partial charge in [-0.05, 0) is 60.7 Å². The third-order valence-electron chi connectivity index (χ3n) is 6.76. The van der Waals surface area contributed by atoms with Gasteiger partial charge in [-0.15, -0.1) is 0 Å². The van der Waals surface area contributed by atoms with E-state index in [-0.39, 0.29) is 39.1 Å². The highest BCUT2D eigenvalue weighted by Crippen LogP contribution is 2.37. The molecule has 248 valence electrons. The zero-order valence-electron chi connectivity index (χ0n) is 25.0. The number of ether oxygens (including phenoxy) is 2. The lowest BCUT2D eigenvalue weighted by atomic mass is 10.2. The molecule has 1 heterocycles. The van der Waals surface area contributed by atoms with Crippen LogP contribution in [0.5, 0.6) is 11.5 Å². The minimum absolute atomic E-state index is 0.00194. The van der Waals surface area contributed by atoms with Crippen LogP contribution in [0.3, 0.4) is 0 Å². The highest BCUT2D eigenvalue weighted by atomic mass is 32.2. The van der Waals surface area contributed by atoms with Gasteiger partial charge in [-0.2, -0.15) is 0 Å². The van der Waals surface area contributed by atoms with E-state index in [0.29, 0.717) is 0 Å². The average Bonchev–Trinajstić information content (AvgIpc) is 3.24. The van der Waals surface area contributed by atoms with Crippen LogP contribution < -0.4 is 29.1 Å². The molecule has 0 aromatic heterocycles. The van der Waals surface area contributed by atoms with Crippen molar-refractivity contribution in [3.63, 3.8) is 0 Å². The Morgan fingerprint density at radius 1 is 0.783 bits per heavy atom. The van der Waals surface area contributed by atoms with Crippen LogP contribution >= 0.6 is 0 Å². The number of sulfone groups is 1. The summed E-state index contributed by atoms with van der Waals surface area (Å²) in [4.78, 5) is 22.4. The molecule has 18 heteroatoms. The van der Waals surface area contributed by atoms with Gasteiger partial charge in [0.2, 0.25) is 11.8 Å². The molecule has 0 unspecified atom stereocenters. The lowest BCUT2D eigenvalue weighted by molar-refractivity contribution is -0.115. The summed E-state index contributed by atoms with van der Waals surface area (Å²) in [6, 6.07) is 11.4.